The second-order valence-electron chi connectivity index (χ2n) is 9.61. The Morgan fingerprint density at radius 3 is 2.48 bits per heavy atom. The zero-order valence-corrected chi connectivity index (χ0v) is 20.2. The van der Waals surface area contributed by atoms with Crippen LogP contribution in [-0.2, 0) is 4.74 Å². The molecule has 2 aliphatic carbocycles. The quantitative estimate of drug-likeness (QED) is 0.174. The van der Waals surface area contributed by atoms with Crippen LogP contribution in [0.4, 0.5) is 0 Å². The first kappa shape index (κ1) is 25.5. The summed E-state index contributed by atoms with van der Waals surface area (Å²) in [5.41, 5.74) is 7.89. The summed E-state index contributed by atoms with van der Waals surface area (Å²) in [6, 6.07) is 0. The van der Waals surface area contributed by atoms with Crippen molar-refractivity contribution in [1.29, 1.82) is 0 Å². The number of aliphatic hydroxyl groups is 1. The van der Waals surface area contributed by atoms with Crippen molar-refractivity contribution in [1.82, 2.24) is 0 Å². The molecular formula is C29H44O2. The molecule has 0 aromatic rings. The van der Waals surface area contributed by atoms with Crippen molar-refractivity contribution < 1.29 is 9.84 Å². The minimum Gasteiger partial charge on any atom is -0.510 e. The predicted molar refractivity (Wildman–Crippen MR) is 133 cm³/mol. The minimum atomic E-state index is 0.247. The maximum Gasteiger partial charge on any atom is 0.121 e. The number of hydrogen-bond donors (Lipinski definition) is 1. The molecule has 2 heteroatoms. The SMILES string of the molecule is C=C(C)/C=C\C(C)=C(\O)COCC1=CC(=C=CC)C[C@@H](CCC2CCCCCC2)CC1. The second-order valence-corrected chi connectivity index (χ2v) is 9.61. The Hall–Kier alpha value is -1.76. The number of hydrogen-bond acceptors (Lipinski definition) is 2. The molecule has 1 N–H and O–H groups in total. The van der Waals surface area contributed by atoms with Crippen molar-refractivity contribution in [2.45, 2.75) is 91.4 Å². The van der Waals surface area contributed by atoms with E-state index in [2.05, 4.69) is 18.4 Å². The molecule has 0 aromatic carbocycles. The first-order chi connectivity index (χ1) is 15.0. The highest BCUT2D eigenvalue weighted by atomic mass is 16.5. The maximum atomic E-state index is 10.2. The molecular weight excluding hydrogens is 380 g/mol. The highest BCUT2D eigenvalue weighted by molar-refractivity contribution is 5.27. The van der Waals surface area contributed by atoms with Gasteiger partial charge in [0.1, 0.15) is 12.4 Å². The van der Waals surface area contributed by atoms with Gasteiger partial charge < -0.3 is 9.84 Å². The molecule has 2 aliphatic rings. The van der Waals surface area contributed by atoms with Crippen LogP contribution in [0, 0.1) is 11.8 Å². The molecule has 1 saturated carbocycles. The van der Waals surface area contributed by atoms with Crippen LogP contribution in [0.3, 0.4) is 0 Å². The van der Waals surface area contributed by atoms with Gasteiger partial charge >= 0.3 is 0 Å². The van der Waals surface area contributed by atoms with Gasteiger partial charge in [0.25, 0.3) is 0 Å². The molecule has 2 rings (SSSR count). The summed E-state index contributed by atoms with van der Waals surface area (Å²) in [5, 5.41) is 10.2. The molecule has 0 spiro atoms. The average Bonchev–Trinajstić information content (AvgIpc) is 3.11. The molecule has 0 saturated heterocycles. The fourth-order valence-corrected chi connectivity index (χ4v) is 4.71. The first-order valence-electron chi connectivity index (χ1n) is 12.4. The van der Waals surface area contributed by atoms with Crippen molar-refractivity contribution in [2.24, 2.45) is 11.8 Å². The summed E-state index contributed by atoms with van der Waals surface area (Å²) in [4.78, 5) is 0. The fourth-order valence-electron chi connectivity index (χ4n) is 4.71. The summed E-state index contributed by atoms with van der Waals surface area (Å²) in [7, 11) is 0. The van der Waals surface area contributed by atoms with E-state index < -0.39 is 0 Å². The molecule has 0 radical (unpaired) electrons. The van der Waals surface area contributed by atoms with Gasteiger partial charge in [-0.25, -0.2) is 0 Å². The molecule has 1 atom stereocenters. The molecule has 0 aromatic heterocycles. The van der Waals surface area contributed by atoms with Crippen molar-refractivity contribution in [2.75, 3.05) is 13.2 Å². The summed E-state index contributed by atoms with van der Waals surface area (Å²) >= 11 is 0. The van der Waals surface area contributed by atoms with E-state index in [1.165, 1.54) is 68.9 Å². The fraction of sp³-hybridized carbons (Fsp3) is 0.621. The van der Waals surface area contributed by atoms with E-state index in [-0.39, 0.29) is 12.4 Å². The van der Waals surface area contributed by atoms with Gasteiger partial charge in [0.2, 0.25) is 0 Å². The van der Waals surface area contributed by atoms with Crippen LogP contribution in [0.1, 0.15) is 91.4 Å². The van der Waals surface area contributed by atoms with Crippen molar-refractivity contribution in [3.63, 3.8) is 0 Å². The van der Waals surface area contributed by atoms with E-state index in [0.29, 0.717) is 6.61 Å². The third-order valence-corrected chi connectivity index (χ3v) is 6.65. The minimum absolute atomic E-state index is 0.247. The molecule has 172 valence electrons. The number of aliphatic hydroxyl groups excluding tert-OH is 1. The summed E-state index contributed by atoms with van der Waals surface area (Å²) in [6.45, 7) is 10.6. The second kappa shape index (κ2) is 14.3. The molecule has 0 unspecified atom stereocenters. The van der Waals surface area contributed by atoms with E-state index in [1.54, 1.807) is 0 Å². The standard InChI is InChI=1S/C29H44O2/c1-5-10-27-19-26(16-15-25-11-8-6-7-9-12-25)17-18-28(20-27)21-31-22-29(30)24(4)14-13-23(2)3/h5,13-14,20,25-26,30H,2,6-9,11-12,15-19,21-22H2,1,3-4H3/b14-13-,29-24+/t10?,26-/m0/s1. The molecule has 31 heavy (non-hydrogen) atoms. The Kier molecular flexibility index (Phi) is 11.8. The van der Waals surface area contributed by atoms with E-state index in [1.807, 2.05) is 39.0 Å². The largest absolute Gasteiger partial charge is 0.510 e. The maximum absolute atomic E-state index is 10.2. The smallest absolute Gasteiger partial charge is 0.121 e. The van der Waals surface area contributed by atoms with Crippen LogP contribution in [0.25, 0.3) is 0 Å². The van der Waals surface area contributed by atoms with Gasteiger partial charge in [-0.15, -0.1) is 5.73 Å². The van der Waals surface area contributed by atoms with Crippen LogP contribution >= 0.6 is 0 Å². The topological polar surface area (TPSA) is 29.5 Å². The third-order valence-electron chi connectivity index (χ3n) is 6.65. The summed E-state index contributed by atoms with van der Waals surface area (Å²) in [5.74, 6) is 1.99. The zero-order valence-electron chi connectivity index (χ0n) is 20.2. The van der Waals surface area contributed by atoms with E-state index in [0.717, 1.165) is 35.8 Å². The highest BCUT2D eigenvalue weighted by Crippen LogP contribution is 2.33. The van der Waals surface area contributed by atoms with Crippen molar-refractivity contribution in [3.05, 3.63) is 64.7 Å². The van der Waals surface area contributed by atoms with Gasteiger partial charge in [0, 0.05) is 0 Å². The monoisotopic (exact) mass is 424 g/mol. The Morgan fingerprint density at radius 1 is 1.10 bits per heavy atom. The lowest BCUT2D eigenvalue weighted by molar-refractivity contribution is 0.144. The van der Waals surface area contributed by atoms with Gasteiger partial charge in [0.15, 0.2) is 0 Å². The zero-order chi connectivity index (χ0) is 22.5. The summed E-state index contributed by atoms with van der Waals surface area (Å²) in [6.07, 6.45) is 23.0. The Bertz CT molecular complexity index is 720. The van der Waals surface area contributed by atoms with Crippen LogP contribution in [-0.4, -0.2) is 18.3 Å². The van der Waals surface area contributed by atoms with E-state index in [9.17, 15) is 5.11 Å². The van der Waals surface area contributed by atoms with Gasteiger partial charge in [-0.05, 0) is 87.2 Å². The molecule has 0 bridgehead atoms. The lowest BCUT2D eigenvalue weighted by atomic mass is 9.86. The number of rotatable bonds is 9. The molecule has 0 heterocycles. The predicted octanol–water partition coefficient (Wildman–Crippen LogP) is 8.55. The van der Waals surface area contributed by atoms with Gasteiger partial charge in [-0.1, -0.05) is 69.2 Å². The molecule has 0 amide bonds. The van der Waals surface area contributed by atoms with E-state index in [4.69, 9.17) is 4.74 Å². The van der Waals surface area contributed by atoms with Gasteiger partial charge in [-0.2, -0.15) is 0 Å². The highest BCUT2D eigenvalue weighted by Gasteiger charge is 2.19. The first-order valence-corrected chi connectivity index (χ1v) is 12.4. The van der Waals surface area contributed by atoms with E-state index >= 15 is 0 Å². The summed E-state index contributed by atoms with van der Waals surface area (Å²) < 4.78 is 5.87. The Balaban J connectivity index is 1.87. The lowest BCUT2D eigenvalue weighted by Crippen LogP contribution is -2.06. The third kappa shape index (κ3) is 10.4. The van der Waals surface area contributed by atoms with Crippen LogP contribution in [0.5, 0.6) is 0 Å². The van der Waals surface area contributed by atoms with Gasteiger partial charge in [0.05, 0.1) is 6.61 Å². The van der Waals surface area contributed by atoms with Gasteiger partial charge in [-0.3, -0.25) is 0 Å². The number of ether oxygens (including phenoxy) is 1. The molecule has 1 fully saturated rings. The normalized spacial score (nSPS) is 21.7. The van der Waals surface area contributed by atoms with Crippen molar-refractivity contribution >= 4 is 0 Å². The molecule has 2 nitrogen and oxygen atoms in total. The average molecular weight is 425 g/mol. The number of allylic oxidation sites excluding steroid dienone is 6. The van der Waals surface area contributed by atoms with Crippen LogP contribution in [0.15, 0.2) is 64.7 Å². The lowest BCUT2D eigenvalue weighted by Gasteiger charge is -2.19. The molecule has 0 aliphatic heterocycles. The Labute approximate surface area is 191 Å². The van der Waals surface area contributed by atoms with Crippen molar-refractivity contribution in [3.8, 4) is 0 Å². The van der Waals surface area contributed by atoms with Crippen LogP contribution < -0.4 is 0 Å². The Morgan fingerprint density at radius 2 is 1.81 bits per heavy atom. The van der Waals surface area contributed by atoms with Crippen LogP contribution in [0.2, 0.25) is 0 Å².